The number of nitrogens with one attached hydrogen (secondary N) is 1. The minimum atomic E-state index is -1.01. The summed E-state index contributed by atoms with van der Waals surface area (Å²) in [4.78, 5) is 11.0. The van der Waals surface area contributed by atoms with E-state index >= 15 is 0 Å². The zero-order valence-electron chi connectivity index (χ0n) is 10.9. The van der Waals surface area contributed by atoms with Crippen molar-refractivity contribution in [3.63, 3.8) is 0 Å². The first-order valence-electron chi connectivity index (χ1n) is 5.84. The highest BCUT2D eigenvalue weighted by Gasteiger charge is 2.10. The van der Waals surface area contributed by atoms with Crippen LogP contribution in [0.2, 0.25) is 0 Å². The number of carbonyl (C=O) groups is 1. The van der Waals surface area contributed by atoms with Crippen LogP contribution in [0, 0.1) is 0 Å². The highest BCUT2D eigenvalue weighted by atomic mass is 16.5. The topological polar surface area (TPSA) is 111 Å². The molecule has 0 bridgehead atoms. The van der Waals surface area contributed by atoms with Crippen LogP contribution in [-0.2, 0) is 0 Å². The maximum absolute atomic E-state index is 11.0. The number of nitrogen functional groups attached to an aromatic ring is 2. The standard InChI is InChI=1S/C14H15N3O3/c1-20-13-5-2-8(14(18)19)6-12(13)17-11-4-3-9(15)7-10(11)16/h2-7,17H,15-16H2,1H3,(H,18,19). The Morgan fingerprint density at radius 1 is 1.15 bits per heavy atom. The highest BCUT2D eigenvalue weighted by Crippen LogP contribution is 2.31. The van der Waals surface area contributed by atoms with Crippen molar-refractivity contribution < 1.29 is 14.6 Å². The molecule has 0 heterocycles. The Bertz CT molecular complexity index is 656. The largest absolute Gasteiger partial charge is 0.495 e. The fourth-order valence-corrected chi connectivity index (χ4v) is 1.78. The van der Waals surface area contributed by atoms with E-state index in [1.165, 1.54) is 19.2 Å². The minimum absolute atomic E-state index is 0.155. The number of nitrogens with two attached hydrogens (primary N) is 2. The molecule has 6 nitrogen and oxygen atoms in total. The predicted molar refractivity (Wildman–Crippen MR) is 78.5 cm³/mol. The lowest BCUT2D eigenvalue weighted by atomic mass is 10.1. The van der Waals surface area contributed by atoms with Crippen molar-refractivity contribution >= 4 is 28.7 Å². The smallest absolute Gasteiger partial charge is 0.335 e. The normalized spacial score (nSPS) is 10.1. The summed E-state index contributed by atoms with van der Waals surface area (Å²) < 4.78 is 5.19. The van der Waals surface area contributed by atoms with Gasteiger partial charge in [0.2, 0.25) is 0 Å². The van der Waals surface area contributed by atoms with Gasteiger partial charge < -0.3 is 26.6 Å². The number of benzene rings is 2. The van der Waals surface area contributed by atoms with Crippen molar-refractivity contribution in [1.82, 2.24) is 0 Å². The second-order valence-corrected chi connectivity index (χ2v) is 4.19. The number of carboxylic acid groups (broad SMARTS) is 1. The van der Waals surface area contributed by atoms with E-state index in [1.807, 2.05) is 0 Å². The maximum atomic E-state index is 11.0. The van der Waals surface area contributed by atoms with Crippen LogP contribution in [0.15, 0.2) is 36.4 Å². The summed E-state index contributed by atoms with van der Waals surface area (Å²) in [6.45, 7) is 0. The van der Waals surface area contributed by atoms with Gasteiger partial charge in [0.15, 0.2) is 0 Å². The molecular weight excluding hydrogens is 258 g/mol. The van der Waals surface area contributed by atoms with Gasteiger partial charge >= 0.3 is 5.97 Å². The third-order valence-electron chi connectivity index (χ3n) is 2.79. The zero-order chi connectivity index (χ0) is 14.7. The molecule has 2 aromatic rings. The molecule has 0 saturated heterocycles. The summed E-state index contributed by atoms with van der Waals surface area (Å²) in [5, 5.41) is 12.1. The first-order valence-corrected chi connectivity index (χ1v) is 5.84. The molecule has 0 unspecified atom stereocenters. The van der Waals surface area contributed by atoms with Crippen molar-refractivity contribution in [2.24, 2.45) is 0 Å². The summed E-state index contributed by atoms with van der Waals surface area (Å²) >= 11 is 0. The Morgan fingerprint density at radius 2 is 1.90 bits per heavy atom. The van der Waals surface area contributed by atoms with Gasteiger partial charge in [0, 0.05) is 5.69 Å². The van der Waals surface area contributed by atoms with Gasteiger partial charge in [-0.1, -0.05) is 0 Å². The molecule has 2 rings (SSSR count). The fourth-order valence-electron chi connectivity index (χ4n) is 1.78. The van der Waals surface area contributed by atoms with Gasteiger partial charge in [0.1, 0.15) is 5.75 Å². The van der Waals surface area contributed by atoms with Gasteiger partial charge in [-0.3, -0.25) is 0 Å². The number of methoxy groups -OCH3 is 1. The third-order valence-corrected chi connectivity index (χ3v) is 2.79. The molecule has 0 amide bonds. The van der Waals surface area contributed by atoms with E-state index in [2.05, 4.69) is 5.32 Å². The number of ether oxygens (including phenoxy) is 1. The average Bonchev–Trinajstić information content (AvgIpc) is 2.41. The van der Waals surface area contributed by atoms with Gasteiger partial charge in [0.05, 0.1) is 29.7 Å². The van der Waals surface area contributed by atoms with E-state index in [0.29, 0.717) is 28.5 Å². The van der Waals surface area contributed by atoms with Gasteiger partial charge in [-0.15, -0.1) is 0 Å². The van der Waals surface area contributed by atoms with Gasteiger partial charge in [-0.2, -0.15) is 0 Å². The molecule has 0 aliphatic heterocycles. The lowest BCUT2D eigenvalue weighted by molar-refractivity contribution is 0.0697. The molecule has 0 radical (unpaired) electrons. The van der Waals surface area contributed by atoms with Crippen molar-refractivity contribution in [3.8, 4) is 5.75 Å². The number of hydrogen-bond acceptors (Lipinski definition) is 5. The van der Waals surface area contributed by atoms with Crippen LogP contribution < -0.4 is 21.5 Å². The van der Waals surface area contributed by atoms with Crippen molar-refractivity contribution in [2.75, 3.05) is 23.9 Å². The van der Waals surface area contributed by atoms with Crippen LogP contribution >= 0.6 is 0 Å². The third kappa shape index (κ3) is 2.74. The first-order chi connectivity index (χ1) is 9.51. The van der Waals surface area contributed by atoms with Gasteiger partial charge in [-0.25, -0.2) is 4.79 Å². The average molecular weight is 273 g/mol. The Kier molecular flexibility index (Phi) is 3.65. The molecule has 20 heavy (non-hydrogen) atoms. The molecule has 6 N–H and O–H groups in total. The van der Waals surface area contributed by atoms with E-state index in [1.54, 1.807) is 24.3 Å². The summed E-state index contributed by atoms with van der Waals surface area (Å²) in [6, 6.07) is 9.58. The van der Waals surface area contributed by atoms with Crippen molar-refractivity contribution in [2.45, 2.75) is 0 Å². The molecule has 0 spiro atoms. The summed E-state index contributed by atoms with van der Waals surface area (Å²) in [5.41, 5.74) is 13.8. The lowest BCUT2D eigenvalue weighted by Gasteiger charge is -2.14. The lowest BCUT2D eigenvalue weighted by Crippen LogP contribution is -2.02. The molecule has 2 aromatic carbocycles. The molecule has 0 saturated carbocycles. The molecule has 104 valence electrons. The van der Waals surface area contributed by atoms with E-state index in [4.69, 9.17) is 21.3 Å². The van der Waals surface area contributed by atoms with Gasteiger partial charge in [0.25, 0.3) is 0 Å². The Hall–Kier alpha value is -2.89. The summed E-state index contributed by atoms with van der Waals surface area (Å²) in [6.07, 6.45) is 0. The monoisotopic (exact) mass is 273 g/mol. The van der Waals surface area contributed by atoms with Crippen molar-refractivity contribution in [1.29, 1.82) is 0 Å². The molecule has 0 atom stereocenters. The van der Waals surface area contributed by atoms with Crippen LogP contribution in [0.3, 0.4) is 0 Å². The molecular formula is C14H15N3O3. The van der Waals surface area contributed by atoms with Crippen molar-refractivity contribution in [3.05, 3.63) is 42.0 Å². The fraction of sp³-hybridized carbons (Fsp3) is 0.0714. The number of anilines is 4. The Balaban J connectivity index is 2.40. The molecule has 0 fully saturated rings. The SMILES string of the molecule is COc1ccc(C(=O)O)cc1Nc1ccc(N)cc1N. The maximum Gasteiger partial charge on any atom is 0.335 e. The van der Waals surface area contributed by atoms with Crippen LogP contribution in [0.5, 0.6) is 5.75 Å². The molecule has 0 aromatic heterocycles. The second-order valence-electron chi connectivity index (χ2n) is 4.19. The van der Waals surface area contributed by atoms with Gasteiger partial charge in [-0.05, 0) is 36.4 Å². The summed E-state index contributed by atoms with van der Waals surface area (Å²) in [5.74, 6) is -0.493. The molecule has 0 aliphatic carbocycles. The highest BCUT2D eigenvalue weighted by molar-refractivity contribution is 5.90. The second kappa shape index (κ2) is 5.40. The van der Waals surface area contributed by atoms with E-state index in [-0.39, 0.29) is 5.56 Å². The first kappa shape index (κ1) is 13.5. The Labute approximate surface area is 116 Å². The molecule has 0 aliphatic rings. The van der Waals surface area contributed by atoms with E-state index < -0.39 is 5.97 Å². The Morgan fingerprint density at radius 3 is 2.50 bits per heavy atom. The van der Waals surface area contributed by atoms with Crippen LogP contribution in [0.25, 0.3) is 0 Å². The number of carboxylic acids is 1. The predicted octanol–water partition coefficient (Wildman–Crippen LogP) is 2.30. The molecule has 6 heteroatoms. The number of aromatic carboxylic acids is 1. The van der Waals surface area contributed by atoms with Crippen LogP contribution in [-0.4, -0.2) is 18.2 Å². The van der Waals surface area contributed by atoms with Crippen LogP contribution in [0.1, 0.15) is 10.4 Å². The summed E-state index contributed by atoms with van der Waals surface area (Å²) in [7, 11) is 1.51. The quantitative estimate of drug-likeness (QED) is 0.636. The number of hydrogen-bond donors (Lipinski definition) is 4. The zero-order valence-corrected chi connectivity index (χ0v) is 10.9. The van der Waals surface area contributed by atoms with E-state index in [9.17, 15) is 4.79 Å². The minimum Gasteiger partial charge on any atom is -0.495 e. The van der Waals surface area contributed by atoms with E-state index in [0.717, 1.165) is 0 Å². The van der Waals surface area contributed by atoms with Crippen LogP contribution in [0.4, 0.5) is 22.7 Å². The number of rotatable bonds is 4.